The number of hydroxylamine groups is 2. The summed E-state index contributed by atoms with van der Waals surface area (Å²) in [6, 6.07) is 18.9. The minimum atomic E-state index is -1.34. The Morgan fingerprint density at radius 2 is 0.883 bits per heavy atom. The summed E-state index contributed by atoms with van der Waals surface area (Å²) in [5.74, 6) is -12.1. The Balaban J connectivity index is 0.000000335. The van der Waals surface area contributed by atoms with Gasteiger partial charge in [-0.1, -0.05) is 48.5 Å². The first-order chi connectivity index (χ1) is 57.4. The summed E-state index contributed by atoms with van der Waals surface area (Å²) < 4.78 is 0. The molecule has 0 saturated carbocycles. The Morgan fingerprint density at radius 1 is 0.492 bits per heavy atom. The van der Waals surface area contributed by atoms with Crippen LogP contribution in [0.3, 0.4) is 0 Å². The Labute approximate surface area is 688 Å². The minimum absolute atomic E-state index is 0.00860. The molecule has 2 unspecified atom stereocenters. The van der Waals surface area contributed by atoms with Gasteiger partial charge in [0.05, 0.1) is 62.5 Å². The molecule has 0 radical (unpaired) electrons. The van der Waals surface area contributed by atoms with Crippen molar-refractivity contribution >= 4 is 129 Å². The van der Waals surface area contributed by atoms with Crippen LogP contribution in [0.15, 0.2) is 119 Å². The number of nitrogens with two attached hydrogens (primary N) is 5. The van der Waals surface area contributed by atoms with E-state index in [9.17, 15) is 91.4 Å². The average molecular weight is 1670 g/mol. The zero-order chi connectivity index (χ0) is 88.5. The van der Waals surface area contributed by atoms with Gasteiger partial charge in [0.25, 0.3) is 35.4 Å². The fraction of sp³-hybridized carbons (Fsp3) is 0.385. The van der Waals surface area contributed by atoms with Crippen molar-refractivity contribution in [3.8, 4) is 0 Å². The number of carboxylic acid groups (broad SMARTS) is 2. The number of aliphatic carboxylic acids is 2. The van der Waals surface area contributed by atoms with E-state index < -0.39 is 127 Å². The van der Waals surface area contributed by atoms with E-state index in [1.54, 1.807) is 84.9 Å². The van der Waals surface area contributed by atoms with E-state index in [1.165, 1.54) is 38.4 Å². The first-order valence-corrected chi connectivity index (χ1v) is 37.7. The molecule has 42 nitrogen and oxygen atoms in total. The number of Topliss-reactive ketones (excluding diaryl/α,β-unsaturated/α-hetero) is 6. The maximum atomic E-state index is 13.3. The van der Waals surface area contributed by atoms with Gasteiger partial charge in [-0.3, -0.25) is 113 Å². The van der Waals surface area contributed by atoms with E-state index in [-0.39, 0.29) is 138 Å². The molecule has 42 heteroatoms. The van der Waals surface area contributed by atoms with Gasteiger partial charge < -0.3 is 71.1 Å². The van der Waals surface area contributed by atoms with Crippen LogP contribution in [-0.4, -0.2) is 210 Å². The molecule has 9 amide bonds. The summed E-state index contributed by atoms with van der Waals surface area (Å²) in [7, 11) is 2.50. The molecule has 5 aliphatic heterocycles. The number of fused-ring (bicyclic) bond motifs is 4. The Morgan fingerprint density at radius 3 is 1.27 bits per heavy atom. The second-order valence-electron chi connectivity index (χ2n) is 26.6. The normalized spacial score (nSPS) is 18.0. The number of rotatable bonds is 26. The number of imide groups is 3. The maximum Gasteiger partial charge on any atom is 0.333 e. The molecule has 23 N–H and O–H groups in total. The van der Waals surface area contributed by atoms with E-state index in [1.807, 2.05) is 0 Å². The van der Waals surface area contributed by atoms with Crippen molar-refractivity contribution in [2.24, 2.45) is 38.7 Å². The molecule has 0 aromatic heterocycles. The lowest BCUT2D eigenvalue weighted by Crippen LogP contribution is -2.53. The summed E-state index contributed by atoms with van der Waals surface area (Å²) in [4.78, 5) is 234. The largest absolute Gasteiger partial charge is 0.680 e. The number of amides is 9. The molecule has 4 aromatic carbocycles. The van der Waals surface area contributed by atoms with Crippen molar-refractivity contribution in [1.82, 2.24) is 53.4 Å². The topological polar surface area (TPSA) is 677 Å². The Bertz CT molecular complexity index is 4490. The molecule has 4 bridgehead atoms. The summed E-state index contributed by atoms with van der Waals surface area (Å²) in [5.41, 5.74) is 55.5. The molecule has 9 rings (SSSR count). The molecule has 4 aromatic rings. The van der Waals surface area contributed by atoms with Crippen molar-refractivity contribution in [3.05, 3.63) is 165 Å². The zero-order valence-electron chi connectivity index (χ0n) is 65.9. The number of nitrogens with zero attached hydrogens (tertiary/aromatic N) is 5. The summed E-state index contributed by atoms with van der Waals surface area (Å²) >= 11 is 0. The third kappa shape index (κ3) is 31.7. The number of carboxylic acids is 2. The number of hydrogen-bond donors (Lipinski definition) is 16. The number of aryl methyl sites for hydroxylation is 2. The van der Waals surface area contributed by atoms with E-state index in [4.69, 9.17) is 50.1 Å². The van der Waals surface area contributed by atoms with Crippen LogP contribution in [0.5, 0.6) is 0 Å². The highest BCUT2D eigenvalue weighted by molar-refractivity contribution is 6.41. The lowest BCUT2D eigenvalue weighted by molar-refractivity contribution is -0.197. The predicted octanol–water partition coefficient (Wildman–Crippen LogP) is -1.92. The van der Waals surface area contributed by atoms with Gasteiger partial charge in [0.1, 0.15) is 12.1 Å². The SMILES string of the molecule is C[NH-].C[NH-].NC(N)=NCCC[C@@H]1NCC(=O)c2ccc(CNC(=O)CCCc3ccc(N4C(=O)C=CC4=O)cc3)c(c2)CNN[C@H](CC(=O)O)C(=O)NCC(=O)C1=O.NCc1ccc2cc1CNNC(CC(=O)O)C(=O)NCC(=O)C(=O)C(CCCN=C(N)N)NCC2=O.O=C(CCCc1ccc(N2C(=O)C=CC2=O)cc1)ON1C(=O)CCC1=O. The van der Waals surface area contributed by atoms with E-state index in [2.05, 4.69) is 58.3 Å². The number of hydrazine groups is 2. The molecule has 5 heterocycles. The van der Waals surface area contributed by atoms with Crippen molar-refractivity contribution < 1.29 is 101 Å². The fourth-order valence-electron chi connectivity index (χ4n) is 12.0. The fourth-order valence-corrected chi connectivity index (χ4v) is 12.0. The lowest BCUT2D eigenvalue weighted by Gasteiger charge is -2.20. The van der Waals surface area contributed by atoms with Crippen molar-refractivity contribution in [3.63, 3.8) is 0 Å². The Hall–Kier alpha value is -13.2. The summed E-state index contributed by atoms with van der Waals surface area (Å²) in [5, 5.41) is 32.2. The number of benzene rings is 4. The van der Waals surface area contributed by atoms with Crippen LogP contribution in [0.25, 0.3) is 11.5 Å². The monoisotopic (exact) mass is 1670 g/mol. The second kappa shape index (κ2) is 50.4. The third-order valence-electron chi connectivity index (χ3n) is 18.1. The van der Waals surface area contributed by atoms with Crippen LogP contribution < -0.4 is 86.8 Å². The number of aliphatic imine (C=N–C) groups is 2. The first-order valence-electron chi connectivity index (χ1n) is 37.7. The van der Waals surface area contributed by atoms with Crippen molar-refractivity contribution in [1.29, 1.82) is 0 Å². The van der Waals surface area contributed by atoms with E-state index in [0.717, 1.165) is 26.5 Å². The van der Waals surface area contributed by atoms with Gasteiger partial charge in [-0.15, -0.1) is 5.06 Å². The number of nitrogens with one attached hydrogen (secondary N) is 11. The van der Waals surface area contributed by atoms with Gasteiger partial charge in [0.15, 0.2) is 23.5 Å². The highest BCUT2D eigenvalue weighted by Gasteiger charge is 2.35. The molecular formula is C78H99N21O21-2. The quantitative estimate of drug-likeness (QED) is 0.0107. The average Bonchev–Trinajstić information content (AvgIpc) is 1.49. The van der Waals surface area contributed by atoms with Crippen LogP contribution in [0, 0.1) is 0 Å². The molecule has 0 aliphatic carbocycles. The highest BCUT2D eigenvalue weighted by atomic mass is 16.7. The van der Waals surface area contributed by atoms with Crippen LogP contribution >= 0.6 is 0 Å². The van der Waals surface area contributed by atoms with Gasteiger partial charge >= 0.3 is 17.9 Å². The number of ketones is 6. The molecule has 120 heavy (non-hydrogen) atoms. The number of carbonyl (C=O) groups excluding carboxylic acids is 16. The Kier molecular flexibility index (Phi) is 40.9. The van der Waals surface area contributed by atoms with E-state index >= 15 is 0 Å². The van der Waals surface area contributed by atoms with Crippen LogP contribution in [0.2, 0.25) is 0 Å². The van der Waals surface area contributed by atoms with Crippen molar-refractivity contribution in [2.75, 3.05) is 63.2 Å². The van der Waals surface area contributed by atoms with Crippen LogP contribution in [-0.2, 0) is 121 Å². The maximum absolute atomic E-state index is 13.3. The molecule has 5 aliphatic rings. The molecule has 1 fully saturated rings. The molecule has 4 atom stereocenters. The van der Waals surface area contributed by atoms with Gasteiger partial charge in [-0.2, -0.15) is 14.1 Å². The summed E-state index contributed by atoms with van der Waals surface area (Å²) in [6.45, 7) is -1.02. The predicted molar refractivity (Wildman–Crippen MR) is 432 cm³/mol. The highest BCUT2D eigenvalue weighted by Crippen LogP contribution is 2.24. The summed E-state index contributed by atoms with van der Waals surface area (Å²) in [6.07, 6.45) is 7.05. The minimum Gasteiger partial charge on any atom is -0.680 e. The van der Waals surface area contributed by atoms with Crippen LogP contribution in [0.1, 0.15) is 131 Å². The zero-order valence-corrected chi connectivity index (χ0v) is 65.9. The lowest BCUT2D eigenvalue weighted by atomic mass is 9.99. The molecule has 0 spiro atoms. The van der Waals surface area contributed by atoms with Gasteiger partial charge in [0.2, 0.25) is 40.9 Å². The van der Waals surface area contributed by atoms with Crippen molar-refractivity contribution in [2.45, 2.75) is 140 Å². The molecule has 1 saturated heterocycles. The number of guanidine groups is 2. The van der Waals surface area contributed by atoms with Crippen LogP contribution in [0.4, 0.5) is 11.4 Å². The number of hydrogen-bond acceptors (Lipinski definition) is 28. The number of carbonyl (C=O) groups is 18. The van der Waals surface area contributed by atoms with Gasteiger partial charge in [-0.05, 0) is 121 Å². The van der Waals surface area contributed by atoms with Gasteiger partial charge in [-0.25, -0.2) is 25.4 Å². The first kappa shape index (κ1) is 97.4. The second-order valence-corrected chi connectivity index (χ2v) is 26.6. The molecule has 644 valence electrons. The smallest absolute Gasteiger partial charge is 0.333 e. The standard InChI is InChI=1S/C36H43N9O9.C22H32N8O6.C18H16N2O6.2CH4N/c37-36(38)39-14-2-4-26-34(53)29(47)20-42-35(54)27(16-33(51)52)44-43-18-24-15-22(28(46)19-40-26)8-9-23(24)17-41-30(48)5-1-3-21-6-10-25(11-7-21)45-31(49)12-13-32(45)50;23-8-13-4-3-12-6-14(13)9-29-30-16(7-19(33)34)21(36)28-11-18(32)20(35)15(27-10-17(12)31)2-1-5-26-22(24)25;21-14-8-9-15(22)19(14)13-6-4-12(5-7-13)2-1-3-18(25)26-20-16(23)10-11-17(20)24;2*1-2/h6-13,15,26-27,40,43-44H,1-5,14,16-20H2,(H,41,48)(H,42,54)(H,51,52)(H4,37,38,39);3-4,6,15-16,27,29-30H,1-2,5,7-11,23H2,(H,28,36)(H,33,34)(H4,24,25,26);4-9H,1-3,10-11H2;2*2H,1H3/q;;;2*-1/t26-,27+;;;;/m0..../s1. The van der Waals surface area contributed by atoms with E-state index in [0.29, 0.717) is 77.2 Å². The number of anilines is 2. The third-order valence-corrected chi connectivity index (χ3v) is 18.1. The van der Waals surface area contributed by atoms with Gasteiger partial charge in [0, 0.05) is 100 Å². The molecular weight excluding hydrogens is 1570 g/mol.